The Labute approximate surface area is 119 Å². The van der Waals surface area contributed by atoms with E-state index in [9.17, 15) is 8.42 Å². The molecule has 110 valence electrons. The summed E-state index contributed by atoms with van der Waals surface area (Å²) in [7, 11) is -3.76. The van der Waals surface area contributed by atoms with E-state index in [1.807, 2.05) is 13.8 Å². The predicted octanol–water partition coefficient (Wildman–Crippen LogP) is 1.03. The summed E-state index contributed by atoms with van der Waals surface area (Å²) >= 11 is 0. The van der Waals surface area contributed by atoms with E-state index in [0.29, 0.717) is 12.8 Å². The third kappa shape index (κ3) is 4.56. The Balaban J connectivity index is 2.84. The van der Waals surface area contributed by atoms with Crippen molar-refractivity contribution < 1.29 is 13.5 Å². The smallest absolute Gasteiger partial charge is 0.243 e. The highest BCUT2D eigenvalue weighted by atomic mass is 32.2. The molecule has 7 heteroatoms. The van der Waals surface area contributed by atoms with Crippen LogP contribution < -0.4 is 4.72 Å². The quantitative estimate of drug-likeness (QED) is 0.782. The minimum atomic E-state index is -3.76. The molecule has 1 rings (SSSR count). The van der Waals surface area contributed by atoms with Crippen LogP contribution in [0.15, 0.2) is 23.2 Å². The first-order chi connectivity index (χ1) is 9.32. The van der Waals surface area contributed by atoms with Gasteiger partial charge in [0.2, 0.25) is 10.0 Å². The lowest BCUT2D eigenvalue weighted by Crippen LogP contribution is -2.34. The van der Waals surface area contributed by atoms with Gasteiger partial charge in [-0.2, -0.15) is 5.26 Å². The number of aliphatic hydroxyl groups excluding tert-OH is 1. The van der Waals surface area contributed by atoms with Crippen molar-refractivity contribution in [3.63, 3.8) is 0 Å². The van der Waals surface area contributed by atoms with Crippen molar-refractivity contribution in [1.29, 1.82) is 5.26 Å². The molecular weight excluding hydrogens is 278 g/mol. The number of nitrogens with one attached hydrogen (secondary N) is 1. The second kappa shape index (κ2) is 6.79. The highest BCUT2D eigenvalue weighted by molar-refractivity contribution is 7.89. The third-order valence-electron chi connectivity index (χ3n) is 2.92. The van der Waals surface area contributed by atoms with Gasteiger partial charge >= 0.3 is 0 Å². The molecule has 1 aromatic heterocycles. The number of aromatic nitrogens is 1. The molecule has 0 fully saturated rings. The second-order valence-electron chi connectivity index (χ2n) is 5.28. The first-order valence-electron chi connectivity index (χ1n) is 6.28. The van der Waals surface area contributed by atoms with Crippen LogP contribution in [0.1, 0.15) is 32.4 Å². The van der Waals surface area contributed by atoms with E-state index in [1.165, 1.54) is 18.3 Å². The van der Waals surface area contributed by atoms with Crippen LogP contribution in [-0.4, -0.2) is 31.7 Å². The summed E-state index contributed by atoms with van der Waals surface area (Å²) < 4.78 is 26.9. The van der Waals surface area contributed by atoms with Crippen LogP contribution >= 0.6 is 0 Å². The SMILES string of the molecule is CC(C)(CCCO)CNS(=O)(=O)c1cccnc1C#N. The number of aliphatic hydroxyl groups is 1. The van der Waals surface area contributed by atoms with Gasteiger partial charge in [0.25, 0.3) is 0 Å². The Kier molecular flexibility index (Phi) is 5.62. The van der Waals surface area contributed by atoms with Crippen LogP contribution in [-0.2, 0) is 10.0 Å². The van der Waals surface area contributed by atoms with Gasteiger partial charge < -0.3 is 5.11 Å². The lowest BCUT2D eigenvalue weighted by atomic mass is 9.88. The number of hydrogen-bond donors (Lipinski definition) is 2. The molecule has 0 unspecified atom stereocenters. The Hall–Kier alpha value is -1.49. The number of rotatable bonds is 7. The van der Waals surface area contributed by atoms with Crippen LogP contribution in [0.4, 0.5) is 0 Å². The van der Waals surface area contributed by atoms with Gasteiger partial charge in [0.15, 0.2) is 5.69 Å². The summed E-state index contributed by atoms with van der Waals surface area (Å²) in [5.41, 5.74) is -0.390. The Morgan fingerprint density at radius 3 is 2.80 bits per heavy atom. The van der Waals surface area contributed by atoms with Gasteiger partial charge in [0.05, 0.1) is 0 Å². The molecule has 0 aromatic carbocycles. The van der Waals surface area contributed by atoms with Gasteiger partial charge in [-0.25, -0.2) is 18.1 Å². The summed E-state index contributed by atoms with van der Waals surface area (Å²) in [6, 6.07) is 4.60. The molecule has 0 bridgehead atoms. The summed E-state index contributed by atoms with van der Waals surface area (Å²) in [5.74, 6) is 0. The van der Waals surface area contributed by atoms with Crippen LogP contribution in [0, 0.1) is 16.7 Å². The van der Waals surface area contributed by atoms with Crippen molar-refractivity contribution in [3.8, 4) is 6.07 Å². The van der Waals surface area contributed by atoms with Crippen molar-refractivity contribution in [3.05, 3.63) is 24.0 Å². The van der Waals surface area contributed by atoms with E-state index >= 15 is 0 Å². The average Bonchev–Trinajstić information content (AvgIpc) is 2.43. The zero-order chi connectivity index (χ0) is 15.2. The van der Waals surface area contributed by atoms with E-state index in [1.54, 1.807) is 6.07 Å². The van der Waals surface area contributed by atoms with Gasteiger partial charge in [-0.15, -0.1) is 0 Å². The summed E-state index contributed by atoms with van der Waals surface area (Å²) in [5, 5.41) is 17.7. The van der Waals surface area contributed by atoms with Crippen LogP contribution in [0.25, 0.3) is 0 Å². The molecule has 0 aliphatic carbocycles. The number of sulfonamides is 1. The molecular formula is C13H19N3O3S. The largest absolute Gasteiger partial charge is 0.396 e. The maximum Gasteiger partial charge on any atom is 0.243 e. The van der Waals surface area contributed by atoms with Crippen LogP contribution in [0.2, 0.25) is 0 Å². The lowest BCUT2D eigenvalue weighted by Gasteiger charge is -2.24. The number of nitriles is 1. The van der Waals surface area contributed by atoms with Crippen molar-refractivity contribution >= 4 is 10.0 Å². The Morgan fingerprint density at radius 1 is 1.50 bits per heavy atom. The lowest BCUT2D eigenvalue weighted by molar-refractivity contribution is 0.242. The van der Waals surface area contributed by atoms with Gasteiger partial charge in [0, 0.05) is 19.3 Å². The second-order valence-corrected chi connectivity index (χ2v) is 7.01. The Bertz CT molecular complexity index is 591. The molecule has 0 radical (unpaired) electrons. The maximum atomic E-state index is 12.2. The fourth-order valence-electron chi connectivity index (χ4n) is 1.71. The van der Waals surface area contributed by atoms with E-state index in [-0.39, 0.29) is 29.2 Å². The zero-order valence-corrected chi connectivity index (χ0v) is 12.4. The van der Waals surface area contributed by atoms with E-state index < -0.39 is 10.0 Å². The number of nitrogens with zero attached hydrogens (tertiary/aromatic N) is 2. The maximum absolute atomic E-state index is 12.2. The molecule has 0 saturated heterocycles. The minimum Gasteiger partial charge on any atom is -0.396 e. The van der Waals surface area contributed by atoms with Gasteiger partial charge in [-0.1, -0.05) is 13.8 Å². The van der Waals surface area contributed by atoms with Crippen LogP contribution in [0.5, 0.6) is 0 Å². The van der Waals surface area contributed by atoms with Gasteiger partial charge in [-0.3, -0.25) is 0 Å². The molecule has 1 heterocycles. The molecule has 1 aromatic rings. The number of pyridine rings is 1. The minimum absolute atomic E-state index is 0.0807. The molecule has 2 N–H and O–H groups in total. The first-order valence-corrected chi connectivity index (χ1v) is 7.76. The normalized spacial score (nSPS) is 12.1. The molecule has 20 heavy (non-hydrogen) atoms. The number of hydrogen-bond acceptors (Lipinski definition) is 5. The molecule has 6 nitrogen and oxygen atoms in total. The molecule has 0 aliphatic rings. The predicted molar refractivity (Wildman–Crippen MR) is 74.2 cm³/mol. The standard InChI is InChI=1S/C13H19N3O3S/c1-13(2,6-4-8-17)10-16-20(18,19)12-5-3-7-15-11(12)9-14/h3,5,7,16-17H,4,6,8,10H2,1-2H3. The molecule has 0 spiro atoms. The average molecular weight is 297 g/mol. The highest BCUT2D eigenvalue weighted by Crippen LogP contribution is 2.22. The molecule has 0 amide bonds. The van der Waals surface area contributed by atoms with Gasteiger partial charge in [-0.05, 0) is 30.4 Å². The fraction of sp³-hybridized carbons (Fsp3) is 0.538. The third-order valence-corrected chi connectivity index (χ3v) is 4.35. The molecule has 0 saturated carbocycles. The first kappa shape index (κ1) is 16.6. The molecule has 0 aliphatic heterocycles. The Morgan fingerprint density at radius 2 is 2.20 bits per heavy atom. The monoisotopic (exact) mass is 297 g/mol. The zero-order valence-electron chi connectivity index (χ0n) is 11.6. The highest BCUT2D eigenvalue weighted by Gasteiger charge is 2.24. The summed E-state index contributed by atoms with van der Waals surface area (Å²) in [6.07, 6.45) is 2.69. The van der Waals surface area contributed by atoms with Gasteiger partial charge in [0.1, 0.15) is 11.0 Å². The van der Waals surface area contributed by atoms with Crippen molar-refractivity contribution in [2.24, 2.45) is 5.41 Å². The summed E-state index contributed by atoms with van der Waals surface area (Å²) in [4.78, 5) is 3.63. The van der Waals surface area contributed by atoms with E-state index in [4.69, 9.17) is 10.4 Å². The molecule has 0 atom stereocenters. The van der Waals surface area contributed by atoms with Crippen molar-refractivity contribution in [2.45, 2.75) is 31.6 Å². The van der Waals surface area contributed by atoms with Crippen LogP contribution in [0.3, 0.4) is 0 Å². The fourth-order valence-corrected chi connectivity index (χ4v) is 3.05. The van der Waals surface area contributed by atoms with Crippen molar-refractivity contribution in [1.82, 2.24) is 9.71 Å². The topological polar surface area (TPSA) is 103 Å². The summed E-state index contributed by atoms with van der Waals surface area (Å²) in [6.45, 7) is 4.14. The van der Waals surface area contributed by atoms with E-state index in [2.05, 4.69) is 9.71 Å². The van der Waals surface area contributed by atoms with Crippen molar-refractivity contribution in [2.75, 3.05) is 13.2 Å². The van der Waals surface area contributed by atoms with E-state index in [0.717, 1.165) is 0 Å².